The van der Waals surface area contributed by atoms with Crippen molar-refractivity contribution < 1.29 is 0 Å². The number of hydrogen-bond acceptors (Lipinski definition) is 3. The molecule has 1 N–H and O–H groups in total. The molecule has 2 unspecified atom stereocenters. The van der Waals surface area contributed by atoms with Gasteiger partial charge >= 0.3 is 0 Å². The highest BCUT2D eigenvalue weighted by Gasteiger charge is 2.27. The number of para-hydroxylation sites is 1. The molecule has 0 amide bonds. The van der Waals surface area contributed by atoms with E-state index in [2.05, 4.69) is 60.3 Å². The Hall–Kier alpha value is -1.06. The zero-order chi connectivity index (χ0) is 13.1. The molecule has 0 bridgehead atoms. The van der Waals surface area contributed by atoms with Crippen molar-refractivity contribution in [1.82, 2.24) is 10.2 Å². The molecule has 1 fully saturated rings. The second-order valence-electron chi connectivity index (χ2n) is 5.43. The molecule has 1 aromatic carbocycles. The number of rotatable bonds is 3. The first-order chi connectivity index (χ1) is 8.63. The molecule has 1 aliphatic rings. The van der Waals surface area contributed by atoms with Crippen LogP contribution < -0.4 is 10.2 Å². The lowest BCUT2D eigenvalue weighted by molar-refractivity contribution is 0.170. The van der Waals surface area contributed by atoms with Crippen molar-refractivity contribution in [3.8, 4) is 0 Å². The molecule has 1 heterocycles. The first kappa shape index (κ1) is 13.4. The fraction of sp³-hybridized carbons (Fsp3) is 0.600. The largest absolute Gasteiger partial charge is 0.368 e. The molecule has 1 aromatic rings. The second-order valence-corrected chi connectivity index (χ2v) is 5.43. The molecular weight excluding hydrogens is 222 g/mol. The fourth-order valence-electron chi connectivity index (χ4n) is 2.76. The van der Waals surface area contributed by atoms with Crippen molar-refractivity contribution in [3.63, 3.8) is 0 Å². The SMILES string of the molecule is CNCc1ccccc1N1CC(C)N(C)C(C)C1. The summed E-state index contributed by atoms with van der Waals surface area (Å²) in [5.74, 6) is 0. The monoisotopic (exact) mass is 247 g/mol. The Balaban J connectivity index is 2.21. The third-order valence-electron chi connectivity index (χ3n) is 4.06. The molecule has 100 valence electrons. The molecule has 18 heavy (non-hydrogen) atoms. The minimum Gasteiger partial charge on any atom is -0.368 e. The van der Waals surface area contributed by atoms with Gasteiger partial charge in [-0.2, -0.15) is 0 Å². The summed E-state index contributed by atoms with van der Waals surface area (Å²) in [7, 11) is 4.23. The van der Waals surface area contributed by atoms with E-state index in [0.29, 0.717) is 12.1 Å². The Morgan fingerprint density at radius 1 is 1.17 bits per heavy atom. The Morgan fingerprint density at radius 3 is 2.39 bits per heavy atom. The summed E-state index contributed by atoms with van der Waals surface area (Å²) in [4.78, 5) is 5.00. The average Bonchev–Trinajstić information content (AvgIpc) is 2.36. The van der Waals surface area contributed by atoms with Crippen LogP contribution in [0, 0.1) is 0 Å². The van der Waals surface area contributed by atoms with Crippen LogP contribution in [0.5, 0.6) is 0 Å². The second kappa shape index (κ2) is 5.72. The highest BCUT2D eigenvalue weighted by Crippen LogP contribution is 2.25. The molecule has 0 saturated carbocycles. The van der Waals surface area contributed by atoms with Crippen LogP contribution in [0.3, 0.4) is 0 Å². The van der Waals surface area contributed by atoms with Crippen molar-refractivity contribution >= 4 is 5.69 Å². The lowest BCUT2D eigenvalue weighted by Gasteiger charge is -2.44. The van der Waals surface area contributed by atoms with Gasteiger partial charge in [-0.3, -0.25) is 4.90 Å². The van der Waals surface area contributed by atoms with E-state index in [4.69, 9.17) is 0 Å². The van der Waals surface area contributed by atoms with Crippen LogP contribution in [0.2, 0.25) is 0 Å². The molecule has 0 aromatic heterocycles. The van der Waals surface area contributed by atoms with Gasteiger partial charge < -0.3 is 10.2 Å². The maximum absolute atomic E-state index is 3.26. The van der Waals surface area contributed by atoms with Gasteiger partial charge in [0, 0.05) is 37.4 Å². The summed E-state index contributed by atoms with van der Waals surface area (Å²) >= 11 is 0. The van der Waals surface area contributed by atoms with Gasteiger partial charge in [0.05, 0.1) is 0 Å². The predicted octanol–water partition coefficient (Wildman–Crippen LogP) is 1.93. The van der Waals surface area contributed by atoms with Gasteiger partial charge in [-0.05, 0) is 39.6 Å². The van der Waals surface area contributed by atoms with Crippen LogP contribution >= 0.6 is 0 Å². The Labute approximate surface area is 111 Å². The molecular formula is C15H25N3. The lowest BCUT2D eigenvalue weighted by atomic mass is 10.1. The normalized spacial score (nSPS) is 25.4. The lowest BCUT2D eigenvalue weighted by Crippen LogP contribution is -2.55. The maximum Gasteiger partial charge on any atom is 0.0412 e. The summed E-state index contributed by atoms with van der Waals surface area (Å²) in [6.45, 7) is 7.78. The molecule has 0 aliphatic carbocycles. The highest BCUT2D eigenvalue weighted by molar-refractivity contribution is 5.54. The van der Waals surface area contributed by atoms with Crippen LogP contribution in [0.25, 0.3) is 0 Å². The van der Waals surface area contributed by atoms with E-state index in [1.54, 1.807) is 0 Å². The third-order valence-corrected chi connectivity index (χ3v) is 4.06. The van der Waals surface area contributed by atoms with E-state index < -0.39 is 0 Å². The topological polar surface area (TPSA) is 18.5 Å². The number of benzene rings is 1. The van der Waals surface area contributed by atoms with E-state index in [0.717, 1.165) is 19.6 Å². The molecule has 0 spiro atoms. The summed E-state index contributed by atoms with van der Waals surface area (Å²) in [5, 5.41) is 3.26. The number of likely N-dealkylation sites (N-methyl/N-ethyl adjacent to an activating group) is 1. The first-order valence-corrected chi connectivity index (χ1v) is 6.83. The van der Waals surface area contributed by atoms with Crippen molar-refractivity contribution in [2.24, 2.45) is 0 Å². The first-order valence-electron chi connectivity index (χ1n) is 6.83. The van der Waals surface area contributed by atoms with Gasteiger partial charge in [-0.25, -0.2) is 0 Å². The summed E-state index contributed by atoms with van der Waals surface area (Å²) in [6, 6.07) is 9.95. The number of hydrogen-bond donors (Lipinski definition) is 1. The van der Waals surface area contributed by atoms with Crippen molar-refractivity contribution in [3.05, 3.63) is 29.8 Å². The number of nitrogens with zero attached hydrogens (tertiary/aromatic N) is 2. The fourth-order valence-corrected chi connectivity index (χ4v) is 2.76. The Bertz CT molecular complexity index is 379. The van der Waals surface area contributed by atoms with Gasteiger partial charge in [-0.15, -0.1) is 0 Å². The van der Waals surface area contributed by atoms with Crippen LogP contribution in [0.1, 0.15) is 19.4 Å². The van der Waals surface area contributed by atoms with Crippen LogP contribution in [0.4, 0.5) is 5.69 Å². The predicted molar refractivity (Wildman–Crippen MR) is 78.1 cm³/mol. The van der Waals surface area contributed by atoms with Gasteiger partial charge in [-0.1, -0.05) is 18.2 Å². The van der Waals surface area contributed by atoms with Crippen molar-refractivity contribution in [2.75, 3.05) is 32.1 Å². The van der Waals surface area contributed by atoms with Crippen molar-refractivity contribution in [1.29, 1.82) is 0 Å². The summed E-state index contributed by atoms with van der Waals surface area (Å²) < 4.78 is 0. The van der Waals surface area contributed by atoms with E-state index in [9.17, 15) is 0 Å². The summed E-state index contributed by atoms with van der Waals surface area (Å²) in [5.41, 5.74) is 2.78. The zero-order valence-electron chi connectivity index (χ0n) is 12.0. The zero-order valence-corrected chi connectivity index (χ0v) is 12.0. The molecule has 1 aliphatic heterocycles. The smallest absolute Gasteiger partial charge is 0.0412 e. The number of piperazine rings is 1. The Kier molecular flexibility index (Phi) is 4.25. The van der Waals surface area contributed by atoms with E-state index in [1.165, 1.54) is 11.3 Å². The van der Waals surface area contributed by atoms with Crippen LogP contribution in [0.15, 0.2) is 24.3 Å². The molecule has 3 nitrogen and oxygen atoms in total. The summed E-state index contributed by atoms with van der Waals surface area (Å²) in [6.07, 6.45) is 0. The molecule has 0 radical (unpaired) electrons. The standard InChI is InChI=1S/C15H25N3/c1-12-10-18(11-13(2)17(12)4)15-8-6-5-7-14(15)9-16-3/h5-8,12-13,16H,9-11H2,1-4H3. The average molecular weight is 247 g/mol. The van der Waals surface area contributed by atoms with Gasteiger partial charge in [0.15, 0.2) is 0 Å². The van der Waals surface area contributed by atoms with Crippen molar-refractivity contribution in [2.45, 2.75) is 32.5 Å². The minimum atomic E-state index is 0.608. The maximum atomic E-state index is 3.26. The quantitative estimate of drug-likeness (QED) is 0.880. The van der Waals surface area contributed by atoms with Gasteiger partial charge in [0.25, 0.3) is 0 Å². The number of anilines is 1. The molecule has 1 saturated heterocycles. The minimum absolute atomic E-state index is 0.608. The van der Waals surface area contributed by atoms with Gasteiger partial charge in [0.2, 0.25) is 0 Å². The molecule has 2 atom stereocenters. The van der Waals surface area contributed by atoms with Gasteiger partial charge in [0.1, 0.15) is 0 Å². The van der Waals surface area contributed by atoms with E-state index in [-0.39, 0.29) is 0 Å². The third kappa shape index (κ3) is 2.68. The highest BCUT2D eigenvalue weighted by atomic mass is 15.3. The van der Waals surface area contributed by atoms with E-state index in [1.807, 2.05) is 7.05 Å². The van der Waals surface area contributed by atoms with Crippen LogP contribution in [-0.4, -0.2) is 44.2 Å². The molecule has 2 rings (SSSR count). The Morgan fingerprint density at radius 2 is 1.78 bits per heavy atom. The number of nitrogens with one attached hydrogen (secondary N) is 1. The van der Waals surface area contributed by atoms with E-state index >= 15 is 0 Å². The van der Waals surface area contributed by atoms with Crippen LogP contribution in [-0.2, 0) is 6.54 Å². The molecule has 3 heteroatoms.